The number of nitrogens with one attached hydrogen (secondary N) is 1. The van der Waals surface area contributed by atoms with E-state index in [4.69, 9.17) is 0 Å². The van der Waals surface area contributed by atoms with E-state index in [-0.39, 0.29) is 17.7 Å². The maximum absolute atomic E-state index is 13.1. The van der Waals surface area contributed by atoms with Gasteiger partial charge in [0, 0.05) is 29.4 Å². The van der Waals surface area contributed by atoms with E-state index in [1.165, 1.54) is 22.7 Å². The number of anilines is 1. The number of rotatable bonds is 3. The number of aryl methyl sites for hydroxylation is 1. The number of piperidine rings is 1. The van der Waals surface area contributed by atoms with Crippen LogP contribution in [-0.2, 0) is 4.79 Å². The van der Waals surface area contributed by atoms with Crippen LogP contribution < -0.4 is 5.32 Å². The number of likely N-dealkylation sites (tertiary alicyclic amines) is 1. The predicted molar refractivity (Wildman–Crippen MR) is 106 cm³/mol. The molecule has 1 aliphatic rings. The molecule has 0 spiro atoms. The number of hydrogen-bond donors (Lipinski definition) is 1. The fourth-order valence-corrected chi connectivity index (χ4v) is 5.10. The third-order valence-electron chi connectivity index (χ3n) is 4.78. The second kappa shape index (κ2) is 7.17. The van der Waals surface area contributed by atoms with Gasteiger partial charge in [0.25, 0.3) is 5.91 Å². The number of fused-ring (bicyclic) bond motifs is 1. The van der Waals surface area contributed by atoms with Crippen LogP contribution >= 0.6 is 22.7 Å². The average Bonchev–Trinajstić information content (AvgIpc) is 3.29. The SMILES string of the molecule is Cc1c(C(=O)N2CCC[C@@H](C(=O)Nc3nccs3)C2)sc2ccccc12. The Bertz CT molecular complexity index is 949. The molecule has 1 aromatic carbocycles. The molecule has 0 unspecified atom stereocenters. The van der Waals surface area contributed by atoms with E-state index in [0.717, 1.165) is 33.4 Å². The smallest absolute Gasteiger partial charge is 0.264 e. The monoisotopic (exact) mass is 385 g/mol. The summed E-state index contributed by atoms with van der Waals surface area (Å²) in [5.41, 5.74) is 1.03. The van der Waals surface area contributed by atoms with Crippen LogP contribution in [0.3, 0.4) is 0 Å². The van der Waals surface area contributed by atoms with Crippen LogP contribution in [0.1, 0.15) is 28.1 Å². The Morgan fingerprint density at radius 2 is 2.15 bits per heavy atom. The first-order chi connectivity index (χ1) is 12.6. The molecule has 26 heavy (non-hydrogen) atoms. The highest BCUT2D eigenvalue weighted by Gasteiger charge is 2.30. The zero-order valence-corrected chi connectivity index (χ0v) is 16.0. The van der Waals surface area contributed by atoms with E-state index < -0.39 is 0 Å². The van der Waals surface area contributed by atoms with Gasteiger partial charge in [-0.3, -0.25) is 9.59 Å². The fourth-order valence-electron chi connectivity index (χ4n) is 3.39. The molecule has 1 atom stereocenters. The molecule has 3 aromatic rings. The average molecular weight is 386 g/mol. The molecule has 2 aromatic heterocycles. The first kappa shape index (κ1) is 17.2. The summed E-state index contributed by atoms with van der Waals surface area (Å²) < 4.78 is 1.13. The van der Waals surface area contributed by atoms with Crippen molar-refractivity contribution in [1.29, 1.82) is 0 Å². The van der Waals surface area contributed by atoms with Gasteiger partial charge in [-0.25, -0.2) is 4.98 Å². The standard InChI is InChI=1S/C19H19N3O2S2/c1-12-14-6-2-3-7-15(14)26-16(12)18(24)22-9-4-5-13(11-22)17(23)21-19-20-8-10-25-19/h2-3,6-8,10,13H,4-5,9,11H2,1H3,(H,20,21,23)/t13-/m1/s1. The maximum atomic E-state index is 13.1. The minimum atomic E-state index is -0.189. The summed E-state index contributed by atoms with van der Waals surface area (Å²) >= 11 is 2.94. The van der Waals surface area contributed by atoms with Gasteiger partial charge in [0.1, 0.15) is 0 Å². The highest BCUT2D eigenvalue weighted by atomic mass is 32.1. The van der Waals surface area contributed by atoms with Crippen LogP contribution in [0.15, 0.2) is 35.8 Å². The Kier molecular flexibility index (Phi) is 4.74. The van der Waals surface area contributed by atoms with Crippen molar-refractivity contribution in [3.05, 3.63) is 46.3 Å². The number of nitrogens with zero attached hydrogens (tertiary/aromatic N) is 2. The number of thiophene rings is 1. The Hall–Kier alpha value is -2.25. The molecule has 3 heterocycles. The number of hydrogen-bond acceptors (Lipinski definition) is 5. The van der Waals surface area contributed by atoms with Gasteiger partial charge in [-0.05, 0) is 36.8 Å². The van der Waals surface area contributed by atoms with Crippen LogP contribution in [0.4, 0.5) is 5.13 Å². The molecule has 5 nitrogen and oxygen atoms in total. The lowest BCUT2D eigenvalue weighted by Gasteiger charge is -2.31. The molecular weight excluding hydrogens is 366 g/mol. The second-order valence-electron chi connectivity index (χ2n) is 6.47. The molecule has 1 saturated heterocycles. The lowest BCUT2D eigenvalue weighted by molar-refractivity contribution is -0.121. The summed E-state index contributed by atoms with van der Waals surface area (Å²) in [7, 11) is 0. The summed E-state index contributed by atoms with van der Waals surface area (Å²) in [5, 5.41) is 6.43. The van der Waals surface area contributed by atoms with Gasteiger partial charge in [-0.15, -0.1) is 22.7 Å². The highest BCUT2D eigenvalue weighted by molar-refractivity contribution is 7.21. The van der Waals surface area contributed by atoms with Crippen molar-refractivity contribution in [2.45, 2.75) is 19.8 Å². The zero-order chi connectivity index (χ0) is 18.1. The molecule has 0 bridgehead atoms. The molecule has 0 radical (unpaired) electrons. The van der Waals surface area contributed by atoms with Crippen LogP contribution in [0.25, 0.3) is 10.1 Å². The predicted octanol–water partition coefficient (Wildman–Crippen LogP) is 4.16. The van der Waals surface area contributed by atoms with Gasteiger partial charge in [0.15, 0.2) is 5.13 Å². The van der Waals surface area contributed by atoms with E-state index in [0.29, 0.717) is 18.2 Å². The molecule has 1 fully saturated rings. The van der Waals surface area contributed by atoms with Gasteiger partial charge in [-0.2, -0.15) is 0 Å². The lowest BCUT2D eigenvalue weighted by Crippen LogP contribution is -2.43. The number of carbonyl (C=O) groups is 2. The topological polar surface area (TPSA) is 62.3 Å². The van der Waals surface area contributed by atoms with Crippen molar-refractivity contribution in [3.8, 4) is 0 Å². The van der Waals surface area contributed by atoms with E-state index in [2.05, 4.69) is 16.4 Å². The number of benzene rings is 1. The largest absolute Gasteiger partial charge is 0.337 e. The Labute approximate surface area is 159 Å². The molecule has 1 N–H and O–H groups in total. The number of thiazole rings is 1. The van der Waals surface area contributed by atoms with E-state index >= 15 is 0 Å². The van der Waals surface area contributed by atoms with E-state index in [9.17, 15) is 9.59 Å². The lowest BCUT2D eigenvalue weighted by atomic mass is 9.97. The molecule has 2 amide bonds. The summed E-state index contributed by atoms with van der Waals surface area (Å²) in [6, 6.07) is 8.09. The molecule has 4 rings (SSSR count). The van der Waals surface area contributed by atoms with Crippen molar-refractivity contribution >= 4 is 49.7 Å². The third-order valence-corrected chi connectivity index (χ3v) is 6.73. The Morgan fingerprint density at radius 3 is 2.92 bits per heavy atom. The van der Waals surface area contributed by atoms with Crippen molar-refractivity contribution in [3.63, 3.8) is 0 Å². The first-order valence-corrected chi connectivity index (χ1v) is 10.3. The summed E-state index contributed by atoms with van der Waals surface area (Å²) in [4.78, 5) is 32.3. The highest BCUT2D eigenvalue weighted by Crippen LogP contribution is 2.32. The van der Waals surface area contributed by atoms with E-state index in [1.54, 1.807) is 6.20 Å². The summed E-state index contributed by atoms with van der Waals surface area (Å²) in [6.45, 7) is 3.17. The van der Waals surface area contributed by atoms with Gasteiger partial charge < -0.3 is 10.2 Å². The minimum Gasteiger partial charge on any atom is -0.337 e. The minimum absolute atomic E-state index is 0.0375. The van der Waals surface area contributed by atoms with Crippen LogP contribution in [-0.4, -0.2) is 34.8 Å². The normalized spacial score (nSPS) is 17.4. The Balaban J connectivity index is 1.50. The molecule has 1 aliphatic heterocycles. The number of amides is 2. The van der Waals surface area contributed by atoms with Gasteiger partial charge >= 0.3 is 0 Å². The van der Waals surface area contributed by atoms with Crippen LogP contribution in [0.2, 0.25) is 0 Å². The summed E-state index contributed by atoms with van der Waals surface area (Å²) in [5.74, 6) is -0.202. The fraction of sp³-hybridized carbons (Fsp3) is 0.316. The first-order valence-electron chi connectivity index (χ1n) is 8.61. The third kappa shape index (κ3) is 3.24. The number of aromatic nitrogens is 1. The van der Waals surface area contributed by atoms with Crippen molar-refractivity contribution < 1.29 is 9.59 Å². The van der Waals surface area contributed by atoms with Gasteiger partial charge in [-0.1, -0.05) is 18.2 Å². The van der Waals surface area contributed by atoms with Crippen LogP contribution in [0, 0.1) is 12.8 Å². The summed E-state index contributed by atoms with van der Waals surface area (Å²) in [6.07, 6.45) is 3.30. The molecule has 0 aliphatic carbocycles. The van der Waals surface area contributed by atoms with Gasteiger partial charge in [0.2, 0.25) is 5.91 Å². The molecule has 0 saturated carbocycles. The zero-order valence-electron chi connectivity index (χ0n) is 14.4. The molecule has 134 valence electrons. The Morgan fingerprint density at radius 1 is 1.31 bits per heavy atom. The van der Waals surface area contributed by atoms with Crippen molar-refractivity contribution in [2.75, 3.05) is 18.4 Å². The van der Waals surface area contributed by atoms with Gasteiger partial charge in [0.05, 0.1) is 10.8 Å². The van der Waals surface area contributed by atoms with Crippen molar-refractivity contribution in [1.82, 2.24) is 9.88 Å². The maximum Gasteiger partial charge on any atom is 0.264 e. The molecule has 7 heteroatoms. The van der Waals surface area contributed by atoms with Crippen LogP contribution in [0.5, 0.6) is 0 Å². The molecular formula is C19H19N3O2S2. The quantitative estimate of drug-likeness (QED) is 0.736. The number of carbonyl (C=O) groups excluding carboxylic acids is 2. The second-order valence-corrected chi connectivity index (χ2v) is 8.42. The van der Waals surface area contributed by atoms with Crippen molar-refractivity contribution in [2.24, 2.45) is 5.92 Å². The van der Waals surface area contributed by atoms with E-state index in [1.807, 2.05) is 35.4 Å².